The Kier molecular flexibility index (Phi) is 3.14. The first-order valence-electron chi connectivity index (χ1n) is 5.54. The molecule has 1 heterocycles. The molecule has 0 saturated heterocycles. The lowest BCUT2D eigenvalue weighted by atomic mass is 9.94. The van der Waals surface area contributed by atoms with E-state index in [2.05, 4.69) is 48.9 Å². The molecule has 0 radical (unpaired) electrons. The number of rotatable bonds is 5. The van der Waals surface area contributed by atoms with Crippen molar-refractivity contribution in [3.63, 3.8) is 0 Å². The van der Waals surface area contributed by atoms with Crippen molar-refractivity contribution in [3.05, 3.63) is 22.4 Å². The van der Waals surface area contributed by atoms with E-state index in [-0.39, 0.29) is 0 Å². The molecule has 2 nitrogen and oxygen atoms in total. The van der Waals surface area contributed by atoms with E-state index in [1.165, 1.54) is 17.7 Å². The zero-order chi connectivity index (χ0) is 10.9. The minimum Gasteiger partial charge on any atom is -0.319 e. The van der Waals surface area contributed by atoms with Crippen molar-refractivity contribution in [1.82, 2.24) is 10.2 Å². The Hall–Kier alpha value is -0.380. The molecule has 1 fully saturated rings. The average Bonchev–Trinajstić information content (AvgIpc) is 2.76. The van der Waals surface area contributed by atoms with Crippen LogP contribution in [0.2, 0.25) is 0 Å². The third kappa shape index (κ3) is 2.10. The SMILES string of the molecule is CNCC1(C(c2cccs2)N(C)C)CC1. The first kappa shape index (κ1) is 11.1. The van der Waals surface area contributed by atoms with Gasteiger partial charge in [0.1, 0.15) is 0 Å². The first-order valence-corrected chi connectivity index (χ1v) is 6.42. The lowest BCUT2D eigenvalue weighted by Gasteiger charge is -2.32. The van der Waals surface area contributed by atoms with Crippen LogP contribution in [-0.4, -0.2) is 32.6 Å². The van der Waals surface area contributed by atoms with Gasteiger partial charge in [0.05, 0.1) is 6.04 Å². The van der Waals surface area contributed by atoms with Crippen molar-refractivity contribution in [2.75, 3.05) is 27.7 Å². The molecule has 0 aliphatic heterocycles. The molecule has 0 spiro atoms. The monoisotopic (exact) mass is 224 g/mol. The van der Waals surface area contributed by atoms with Crippen molar-refractivity contribution < 1.29 is 0 Å². The number of hydrogen-bond donors (Lipinski definition) is 1. The highest BCUT2D eigenvalue weighted by Crippen LogP contribution is 2.56. The Bertz CT molecular complexity index is 301. The fraction of sp³-hybridized carbons (Fsp3) is 0.667. The standard InChI is InChI=1S/C12H20N2S/c1-13-9-12(6-7-12)11(14(2)3)10-5-4-8-15-10/h4-5,8,11,13H,6-7,9H2,1-3H3. The average molecular weight is 224 g/mol. The van der Waals surface area contributed by atoms with E-state index in [0.29, 0.717) is 11.5 Å². The molecule has 1 aromatic heterocycles. The van der Waals surface area contributed by atoms with Gasteiger partial charge in [0.25, 0.3) is 0 Å². The van der Waals surface area contributed by atoms with Gasteiger partial charge in [-0.15, -0.1) is 11.3 Å². The van der Waals surface area contributed by atoms with Crippen molar-refractivity contribution >= 4 is 11.3 Å². The van der Waals surface area contributed by atoms with Crippen LogP contribution in [0.4, 0.5) is 0 Å². The lowest BCUT2D eigenvalue weighted by Crippen LogP contribution is -2.34. The maximum atomic E-state index is 3.35. The van der Waals surface area contributed by atoms with Gasteiger partial charge < -0.3 is 10.2 Å². The van der Waals surface area contributed by atoms with Crippen LogP contribution < -0.4 is 5.32 Å². The number of hydrogen-bond acceptors (Lipinski definition) is 3. The molecule has 0 aromatic carbocycles. The predicted octanol–water partition coefficient (Wildman–Crippen LogP) is 2.35. The molecule has 1 N–H and O–H groups in total. The topological polar surface area (TPSA) is 15.3 Å². The largest absolute Gasteiger partial charge is 0.319 e. The highest BCUT2D eigenvalue weighted by atomic mass is 32.1. The Morgan fingerprint density at radius 2 is 2.27 bits per heavy atom. The van der Waals surface area contributed by atoms with Gasteiger partial charge in [0.2, 0.25) is 0 Å². The summed E-state index contributed by atoms with van der Waals surface area (Å²) in [5, 5.41) is 5.53. The molecule has 1 aliphatic rings. The highest BCUT2D eigenvalue weighted by molar-refractivity contribution is 7.10. The van der Waals surface area contributed by atoms with Gasteiger partial charge in [0, 0.05) is 16.8 Å². The Balaban J connectivity index is 2.21. The van der Waals surface area contributed by atoms with E-state index in [1.807, 2.05) is 11.3 Å². The van der Waals surface area contributed by atoms with Gasteiger partial charge in [-0.3, -0.25) is 0 Å². The molecule has 1 aromatic rings. The second-order valence-corrected chi connectivity index (χ2v) is 5.75. The number of nitrogens with one attached hydrogen (secondary N) is 1. The molecular formula is C12H20N2S. The maximum Gasteiger partial charge on any atom is 0.0504 e. The summed E-state index contributed by atoms with van der Waals surface area (Å²) >= 11 is 1.88. The third-order valence-electron chi connectivity index (χ3n) is 3.33. The quantitative estimate of drug-likeness (QED) is 0.826. The van der Waals surface area contributed by atoms with Gasteiger partial charge in [-0.25, -0.2) is 0 Å². The molecule has 1 atom stereocenters. The van der Waals surface area contributed by atoms with Crippen molar-refractivity contribution in [1.29, 1.82) is 0 Å². The summed E-state index contributed by atoms with van der Waals surface area (Å²) < 4.78 is 0. The summed E-state index contributed by atoms with van der Waals surface area (Å²) in [7, 11) is 6.45. The summed E-state index contributed by atoms with van der Waals surface area (Å²) in [5.41, 5.74) is 0.489. The van der Waals surface area contributed by atoms with Crippen LogP contribution >= 0.6 is 11.3 Å². The van der Waals surface area contributed by atoms with Crippen LogP contribution in [0.1, 0.15) is 23.8 Å². The summed E-state index contributed by atoms with van der Waals surface area (Å²) in [6.45, 7) is 1.13. The molecule has 1 saturated carbocycles. The summed E-state index contributed by atoms with van der Waals surface area (Å²) in [6.07, 6.45) is 2.71. The Morgan fingerprint density at radius 3 is 2.67 bits per heavy atom. The zero-order valence-corrected chi connectivity index (χ0v) is 10.6. The molecular weight excluding hydrogens is 204 g/mol. The molecule has 1 unspecified atom stereocenters. The first-order chi connectivity index (χ1) is 7.19. The van der Waals surface area contributed by atoms with Crippen LogP contribution in [-0.2, 0) is 0 Å². The summed E-state index contributed by atoms with van der Waals surface area (Å²) in [5.74, 6) is 0. The van der Waals surface area contributed by atoms with Crippen molar-refractivity contribution in [2.45, 2.75) is 18.9 Å². The van der Waals surface area contributed by atoms with Crippen LogP contribution in [0.3, 0.4) is 0 Å². The van der Waals surface area contributed by atoms with E-state index in [9.17, 15) is 0 Å². The normalized spacial score (nSPS) is 20.5. The molecule has 2 rings (SSSR count). The molecule has 3 heteroatoms. The van der Waals surface area contributed by atoms with E-state index in [1.54, 1.807) is 0 Å². The van der Waals surface area contributed by atoms with Crippen LogP contribution in [0.5, 0.6) is 0 Å². The van der Waals surface area contributed by atoms with Crippen LogP contribution in [0, 0.1) is 5.41 Å². The van der Waals surface area contributed by atoms with Gasteiger partial charge in [0.15, 0.2) is 0 Å². The van der Waals surface area contributed by atoms with Gasteiger partial charge in [-0.05, 0) is 45.4 Å². The number of nitrogens with zero attached hydrogens (tertiary/aromatic N) is 1. The Morgan fingerprint density at radius 1 is 1.53 bits per heavy atom. The van der Waals surface area contributed by atoms with Crippen LogP contribution in [0.15, 0.2) is 17.5 Å². The van der Waals surface area contributed by atoms with Gasteiger partial charge >= 0.3 is 0 Å². The molecule has 15 heavy (non-hydrogen) atoms. The second-order valence-electron chi connectivity index (χ2n) is 4.77. The smallest absolute Gasteiger partial charge is 0.0504 e. The van der Waals surface area contributed by atoms with E-state index in [4.69, 9.17) is 0 Å². The molecule has 1 aliphatic carbocycles. The van der Waals surface area contributed by atoms with Crippen molar-refractivity contribution in [3.8, 4) is 0 Å². The van der Waals surface area contributed by atoms with Gasteiger partial charge in [-0.2, -0.15) is 0 Å². The Labute approximate surface area is 96.3 Å². The minimum atomic E-state index is 0.489. The highest BCUT2D eigenvalue weighted by Gasteiger charge is 2.50. The van der Waals surface area contributed by atoms with Gasteiger partial charge in [-0.1, -0.05) is 6.07 Å². The number of thiophene rings is 1. The van der Waals surface area contributed by atoms with E-state index < -0.39 is 0 Å². The molecule has 0 bridgehead atoms. The summed E-state index contributed by atoms with van der Waals surface area (Å²) in [6, 6.07) is 5.02. The van der Waals surface area contributed by atoms with E-state index in [0.717, 1.165) is 6.54 Å². The van der Waals surface area contributed by atoms with E-state index >= 15 is 0 Å². The lowest BCUT2D eigenvalue weighted by molar-refractivity contribution is 0.195. The molecule has 0 amide bonds. The minimum absolute atomic E-state index is 0.489. The second kappa shape index (κ2) is 4.24. The predicted molar refractivity (Wildman–Crippen MR) is 66.3 cm³/mol. The van der Waals surface area contributed by atoms with Crippen LogP contribution in [0.25, 0.3) is 0 Å². The maximum absolute atomic E-state index is 3.35. The zero-order valence-electron chi connectivity index (χ0n) is 9.79. The fourth-order valence-electron chi connectivity index (χ4n) is 2.61. The van der Waals surface area contributed by atoms with Crippen molar-refractivity contribution in [2.24, 2.45) is 5.41 Å². The third-order valence-corrected chi connectivity index (χ3v) is 4.25. The summed E-state index contributed by atoms with van der Waals surface area (Å²) in [4.78, 5) is 3.88. The molecule has 84 valence electrons. The fourth-order valence-corrected chi connectivity index (χ4v) is 3.67.